The van der Waals surface area contributed by atoms with Crippen LogP contribution in [0.5, 0.6) is 5.75 Å². The number of halogens is 2. The minimum atomic E-state index is -0.560. The van der Waals surface area contributed by atoms with Crippen LogP contribution in [-0.4, -0.2) is 29.7 Å². The van der Waals surface area contributed by atoms with Crippen molar-refractivity contribution in [3.8, 4) is 5.75 Å². The Morgan fingerprint density at radius 2 is 2.15 bits per heavy atom. The molecule has 110 valence electrons. The third kappa shape index (κ3) is 3.62. The van der Waals surface area contributed by atoms with Crippen LogP contribution in [0.15, 0.2) is 16.6 Å². The predicted molar refractivity (Wildman–Crippen MR) is 76.2 cm³/mol. The predicted octanol–water partition coefficient (Wildman–Crippen LogP) is 3.72. The summed E-state index contributed by atoms with van der Waals surface area (Å²) in [6.45, 7) is 6.44. The molecule has 1 aromatic carbocycles. The maximum absolute atomic E-state index is 13.5. The molecule has 1 heterocycles. The molecule has 0 unspecified atom stereocenters. The summed E-state index contributed by atoms with van der Waals surface area (Å²) in [7, 11) is 0. The SMILES string of the molecule is CC(C)(C)OC(=O)N1CCOc2c(Br)cc(F)cc2C1. The lowest BCUT2D eigenvalue weighted by Gasteiger charge is -2.26. The third-order valence-electron chi connectivity index (χ3n) is 2.71. The number of carbonyl (C=O) groups excluding carboxylic acids is 1. The molecule has 0 saturated heterocycles. The van der Waals surface area contributed by atoms with Crippen molar-refractivity contribution in [2.24, 2.45) is 0 Å². The number of hydrogen-bond donors (Lipinski definition) is 0. The van der Waals surface area contributed by atoms with Crippen molar-refractivity contribution >= 4 is 22.0 Å². The number of fused-ring (bicyclic) bond motifs is 1. The summed E-state index contributed by atoms with van der Waals surface area (Å²) in [6, 6.07) is 2.73. The molecule has 0 atom stereocenters. The Hall–Kier alpha value is -1.30. The van der Waals surface area contributed by atoms with Gasteiger partial charge < -0.3 is 14.4 Å². The molecule has 20 heavy (non-hydrogen) atoms. The standard InChI is InChI=1S/C14H17BrFNO3/c1-14(2,3)20-13(18)17-4-5-19-12-9(8-17)6-10(16)7-11(12)15/h6-7H,4-5,8H2,1-3H3. The smallest absolute Gasteiger partial charge is 0.410 e. The molecule has 0 radical (unpaired) electrons. The molecule has 4 nitrogen and oxygen atoms in total. The molecule has 1 aromatic rings. The van der Waals surface area contributed by atoms with Gasteiger partial charge in [0, 0.05) is 5.56 Å². The summed E-state index contributed by atoms with van der Waals surface area (Å²) in [5, 5.41) is 0. The van der Waals surface area contributed by atoms with E-state index in [0.29, 0.717) is 28.9 Å². The minimum Gasteiger partial charge on any atom is -0.490 e. The number of benzene rings is 1. The number of rotatable bonds is 0. The van der Waals surface area contributed by atoms with Gasteiger partial charge in [0.15, 0.2) is 0 Å². The molecular formula is C14H17BrFNO3. The highest BCUT2D eigenvalue weighted by Crippen LogP contribution is 2.33. The number of amides is 1. The molecule has 0 bridgehead atoms. The molecule has 0 saturated carbocycles. The van der Waals surface area contributed by atoms with Crippen LogP contribution in [-0.2, 0) is 11.3 Å². The van der Waals surface area contributed by atoms with E-state index in [9.17, 15) is 9.18 Å². The Bertz CT molecular complexity index is 528. The van der Waals surface area contributed by atoms with Crippen molar-refractivity contribution in [3.63, 3.8) is 0 Å². The molecule has 0 aliphatic carbocycles. The number of hydrogen-bond acceptors (Lipinski definition) is 3. The van der Waals surface area contributed by atoms with Crippen LogP contribution in [0.1, 0.15) is 26.3 Å². The third-order valence-corrected chi connectivity index (χ3v) is 3.29. The molecule has 1 amide bonds. The average molecular weight is 346 g/mol. The first-order chi connectivity index (χ1) is 9.26. The van der Waals surface area contributed by atoms with Gasteiger partial charge in [-0.15, -0.1) is 0 Å². The highest BCUT2D eigenvalue weighted by molar-refractivity contribution is 9.10. The molecule has 0 fully saturated rings. The Morgan fingerprint density at radius 1 is 1.45 bits per heavy atom. The Morgan fingerprint density at radius 3 is 2.80 bits per heavy atom. The zero-order chi connectivity index (χ0) is 14.9. The molecule has 0 N–H and O–H groups in total. The zero-order valence-corrected chi connectivity index (χ0v) is 13.3. The van der Waals surface area contributed by atoms with Gasteiger partial charge in [-0.05, 0) is 48.8 Å². The van der Waals surface area contributed by atoms with Crippen molar-refractivity contribution in [2.75, 3.05) is 13.2 Å². The normalized spacial score (nSPS) is 15.2. The van der Waals surface area contributed by atoms with Crippen molar-refractivity contribution < 1.29 is 18.7 Å². The number of carbonyl (C=O) groups is 1. The second-order valence-corrected chi connectivity index (χ2v) is 6.48. The van der Waals surface area contributed by atoms with Crippen LogP contribution < -0.4 is 4.74 Å². The highest BCUT2D eigenvalue weighted by atomic mass is 79.9. The van der Waals surface area contributed by atoms with Crippen LogP contribution in [0.25, 0.3) is 0 Å². The molecule has 0 spiro atoms. The van der Waals surface area contributed by atoms with Crippen molar-refractivity contribution in [1.82, 2.24) is 4.90 Å². The summed E-state index contributed by atoms with van der Waals surface area (Å²) in [6.07, 6.45) is -0.422. The van der Waals surface area contributed by atoms with E-state index in [4.69, 9.17) is 9.47 Å². The Balaban J connectivity index is 2.22. The van der Waals surface area contributed by atoms with Crippen LogP contribution in [0.4, 0.5) is 9.18 Å². The Labute approximate surface area is 126 Å². The van der Waals surface area contributed by atoms with E-state index in [2.05, 4.69) is 15.9 Å². The maximum atomic E-state index is 13.5. The van der Waals surface area contributed by atoms with Gasteiger partial charge in [-0.25, -0.2) is 9.18 Å². The fourth-order valence-electron chi connectivity index (χ4n) is 1.92. The van der Waals surface area contributed by atoms with Crippen LogP contribution in [0.3, 0.4) is 0 Å². The quantitative estimate of drug-likeness (QED) is 0.719. The van der Waals surface area contributed by atoms with E-state index in [1.165, 1.54) is 17.0 Å². The number of ether oxygens (including phenoxy) is 2. The van der Waals surface area contributed by atoms with Gasteiger partial charge in [-0.3, -0.25) is 0 Å². The first kappa shape index (κ1) is 15.1. The largest absolute Gasteiger partial charge is 0.490 e. The first-order valence-electron chi connectivity index (χ1n) is 6.35. The zero-order valence-electron chi connectivity index (χ0n) is 11.7. The van der Waals surface area contributed by atoms with E-state index in [0.717, 1.165) is 0 Å². The van der Waals surface area contributed by atoms with Crippen molar-refractivity contribution in [2.45, 2.75) is 32.9 Å². The monoisotopic (exact) mass is 345 g/mol. The van der Waals surface area contributed by atoms with Gasteiger partial charge in [-0.2, -0.15) is 0 Å². The van der Waals surface area contributed by atoms with Gasteiger partial charge >= 0.3 is 6.09 Å². The topological polar surface area (TPSA) is 38.8 Å². The van der Waals surface area contributed by atoms with Gasteiger partial charge in [0.25, 0.3) is 0 Å². The van der Waals surface area contributed by atoms with Gasteiger partial charge in [0.1, 0.15) is 23.8 Å². The molecule has 1 aliphatic heterocycles. The van der Waals surface area contributed by atoms with Crippen LogP contribution >= 0.6 is 15.9 Å². The van der Waals surface area contributed by atoms with Gasteiger partial charge in [-0.1, -0.05) is 0 Å². The summed E-state index contributed by atoms with van der Waals surface area (Å²) >= 11 is 3.27. The second-order valence-electron chi connectivity index (χ2n) is 5.63. The van der Waals surface area contributed by atoms with E-state index < -0.39 is 11.7 Å². The van der Waals surface area contributed by atoms with Crippen molar-refractivity contribution in [3.05, 3.63) is 28.0 Å². The lowest BCUT2D eigenvalue weighted by atomic mass is 10.2. The maximum Gasteiger partial charge on any atom is 0.410 e. The summed E-state index contributed by atoms with van der Waals surface area (Å²) in [5.74, 6) is 0.211. The van der Waals surface area contributed by atoms with Crippen molar-refractivity contribution in [1.29, 1.82) is 0 Å². The highest BCUT2D eigenvalue weighted by Gasteiger charge is 2.26. The van der Waals surface area contributed by atoms with Gasteiger partial charge in [0.2, 0.25) is 0 Å². The molecular weight excluding hydrogens is 329 g/mol. The Kier molecular flexibility index (Phi) is 4.22. The lowest BCUT2D eigenvalue weighted by Crippen LogP contribution is -2.37. The van der Waals surface area contributed by atoms with Crippen LogP contribution in [0.2, 0.25) is 0 Å². The van der Waals surface area contributed by atoms with E-state index >= 15 is 0 Å². The molecule has 1 aliphatic rings. The van der Waals surface area contributed by atoms with E-state index in [1.807, 2.05) is 20.8 Å². The lowest BCUT2D eigenvalue weighted by molar-refractivity contribution is 0.0225. The average Bonchev–Trinajstić information content (AvgIpc) is 2.48. The molecule has 2 rings (SSSR count). The summed E-state index contributed by atoms with van der Waals surface area (Å²) in [4.78, 5) is 13.6. The molecule has 6 heteroatoms. The fraction of sp³-hybridized carbons (Fsp3) is 0.500. The summed E-state index contributed by atoms with van der Waals surface area (Å²) in [5.41, 5.74) is 0.0653. The molecule has 0 aromatic heterocycles. The number of nitrogens with zero attached hydrogens (tertiary/aromatic N) is 1. The summed E-state index contributed by atoms with van der Waals surface area (Å²) < 4.78 is 24.9. The van der Waals surface area contributed by atoms with Gasteiger partial charge in [0.05, 0.1) is 17.6 Å². The van der Waals surface area contributed by atoms with E-state index in [1.54, 1.807) is 0 Å². The van der Waals surface area contributed by atoms with E-state index in [-0.39, 0.29) is 12.4 Å². The fourth-order valence-corrected chi connectivity index (χ4v) is 2.51. The first-order valence-corrected chi connectivity index (χ1v) is 7.14. The second kappa shape index (κ2) is 5.60. The van der Waals surface area contributed by atoms with Crippen LogP contribution in [0, 0.1) is 5.82 Å². The minimum absolute atomic E-state index is 0.264.